The summed E-state index contributed by atoms with van der Waals surface area (Å²) in [7, 11) is 0. The maximum atomic E-state index is 10.6. The number of carboxylic acids is 2. The number of aliphatic carboxylic acids is 2. The van der Waals surface area contributed by atoms with E-state index in [9.17, 15) is 9.59 Å². The Kier molecular flexibility index (Phi) is 1.62. The molecule has 0 radical (unpaired) electrons. The summed E-state index contributed by atoms with van der Waals surface area (Å²) >= 11 is 0. The van der Waals surface area contributed by atoms with E-state index < -0.39 is 23.3 Å². The highest BCUT2D eigenvalue weighted by atomic mass is 16.4. The van der Waals surface area contributed by atoms with E-state index in [0.717, 1.165) is 0 Å². The molecular weight excluding hydrogens is 148 g/mol. The van der Waals surface area contributed by atoms with Gasteiger partial charge in [-0.05, 0) is 12.8 Å². The summed E-state index contributed by atoms with van der Waals surface area (Å²) in [6.45, 7) is 1.71. The molecular formula is C7H10O4. The van der Waals surface area contributed by atoms with Crippen LogP contribution in [0.3, 0.4) is 0 Å². The number of hydrogen-bond acceptors (Lipinski definition) is 2. The van der Waals surface area contributed by atoms with Gasteiger partial charge in [0.15, 0.2) is 0 Å². The smallest absolute Gasteiger partial charge is 0.310 e. The van der Waals surface area contributed by atoms with Gasteiger partial charge >= 0.3 is 11.9 Å². The van der Waals surface area contributed by atoms with Crippen LogP contribution in [0.1, 0.15) is 19.8 Å². The fourth-order valence-electron chi connectivity index (χ4n) is 1.41. The minimum atomic E-state index is -0.991. The zero-order valence-electron chi connectivity index (χ0n) is 6.20. The van der Waals surface area contributed by atoms with Gasteiger partial charge < -0.3 is 10.2 Å². The third-order valence-electron chi connectivity index (χ3n) is 2.43. The first-order valence-electron chi connectivity index (χ1n) is 3.51. The molecule has 1 rings (SSSR count). The first kappa shape index (κ1) is 8.04. The van der Waals surface area contributed by atoms with Gasteiger partial charge in [0.25, 0.3) is 0 Å². The van der Waals surface area contributed by atoms with Gasteiger partial charge in [0.05, 0.1) is 11.3 Å². The second kappa shape index (κ2) is 2.22. The number of rotatable bonds is 3. The van der Waals surface area contributed by atoms with Crippen LogP contribution in [0.2, 0.25) is 0 Å². The number of carboxylic acid groups (broad SMARTS) is 2. The van der Waals surface area contributed by atoms with E-state index in [-0.39, 0.29) is 6.42 Å². The number of carbonyl (C=O) groups is 2. The molecule has 0 heterocycles. The largest absolute Gasteiger partial charge is 0.481 e. The van der Waals surface area contributed by atoms with Crippen molar-refractivity contribution in [3.05, 3.63) is 0 Å². The first-order chi connectivity index (χ1) is 5.04. The molecule has 0 spiro atoms. The Morgan fingerprint density at radius 2 is 2.09 bits per heavy atom. The standard InChI is InChI=1S/C7H10O4/c1-2-7(6(10)11)3-4(7)5(8)9/h4H,2-3H2,1H3,(H,8,9)(H,10,11). The van der Waals surface area contributed by atoms with Crippen molar-refractivity contribution in [3.8, 4) is 0 Å². The van der Waals surface area contributed by atoms with Crippen molar-refractivity contribution >= 4 is 11.9 Å². The predicted molar refractivity (Wildman–Crippen MR) is 36.1 cm³/mol. The lowest BCUT2D eigenvalue weighted by Crippen LogP contribution is -2.19. The highest BCUT2D eigenvalue weighted by Gasteiger charge is 2.63. The molecule has 0 amide bonds. The molecule has 0 saturated heterocycles. The molecule has 2 atom stereocenters. The van der Waals surface area contributed by atoms with E-state index in [0.29, 0.717) is 6.42 Å². The Balaban J connectivity index is 2.71. The van der Waals surface area contributed by atoms with E-state index in [2.05, 4.69) is 0 Å². The minimum absolute atomic E-state index is 0.286. The van der Waals surface area contributed by atoms with Crippen molar-refractivity contribution in [2.45, 2.75) is 19.8 Å². The third-order valence-corrected chi connectivity index (χ3v) is 2.43. The molecule has 11 heavy (non-hydrogen) atoms. The molecule has 4 nitrogen and oxygen atoms in total. The predicted octanol–water partition coefficient (Wildman–Crippen LogP) is 0.572. The van der Waals surface area contributed by atoms with Crippen LogP contribution in [0.25, 0.3) is 0 Å². The molecule has 1 fully saturated rings. The average Bonchev–Trinajstić information content (AvgIpc) is 2.62. The van der Waals surface area contributed by atoms with E-state index in [1.807, 2.05) is 0 Å². The van der Waals surface area contributed by atoms with Gasteiger partial charge in [0, 0.05) is 0 Å². The maximum absolute atomic E-state index is 10.6. The van der Waals surface area contributed by atoms with Gasteiger partial charge in [-0.1, -0.05) is 6.92 Å². The Hall–Kier alpha value is -1.06. The normalized spacial score (nSPS) is 34.8. The Morgan fingerprint density at radius 3 is 2.18 bits per heavy atom. The minimum Gasteiger partial charge on any atom is -0.481 e. The van der Waals surface area contributed by atoms with Crippen LogP contribution >= 0.6 is 0 Å². The summed E-state index contributed by atoms with van der Waals surface area (Å²) in [6, 6.07) is 0. The van der Waals surface area contributed by atoms with E-state index in [1.165, 1.54) is 0 Å². The molecule has 4 heteroatoms. The maximum Gasteiger partial charge on any atom is 0.310 e. The van der Waals surface area contributed by atoms with Crippen molar-refractivity contribution < 1.29 is 19.8 Å². The molecule has 0 aromatic heterocycles. The van der Waals surface area contributed by atoms with E-state index in [1.54, 1.807) is 6.92 Å². The third kappa shape index (κ3) is 0.982. The summed E-state index contributed by atoms with van der Waals surface area (Å²) in [4.78, 5) is 20.9. The van der Waals surface area contributed by atoms with Crippen LogP contribution < -0.4 is 0 Å². The Bertz CT molecular complexity index is 210. The molecule has 0 bridgehead atoms. The molecule has 62 valence electrons. The molecule has 0 aliphatic heterocycles. The van der Waals surface area contributed by atoms with Crippen molar-refractivity contribution in [2.24, 2.45) is 11.3 Å². The van der Waals surface area contributed by atoms with Crippen molar-refractivity contribution in [1.82, 2.24) is 0 Å². The van der Waals surface area contributed by atoms with Crippen LogP contribution in [0.4, 0.5) is 0 Å². The van der Waals surface area contributed by atoms with Gasteiger partial charge in [0.1, 0.15) is 0 Å². The van der Waals surface area contributed by atoms with Crippen LogP contribution in [-0.2, 0) is 9.59 Å². The highest BCUT2D eigenvalue weighted by molar-refractivity contribution is 5.89. The van der Waals surface area contributed by atoms with Crippen LogP contribution in [0.15, 0.2) is 0 Å². The molecule has 2 N–H and O–H groups in total. The topological polar surface area (TPSA) is 74.6 Å². The van der Waals surface area contributed by atoms with E-state index >= 15 is 0 Å². The van der Waals surface area contributed by atoms with Gasteiger partial charge in [-0.2, -0.15) is 0 Å². The molecule has 1 saturated carbocycles. The molecule has 0 aromatic carbocycles. The van der Waals surface area contributed by atoms with Crippen molar-refractivity contribution in [1.29, 1.82) is 0 Å². The zero-order valence-corrected chi connectivity index (χ0v) is 6.20. The van der Waals surface area contributed by atoms with Gasteiger partial charge in [0.2, 0.25) is 0 Å². The monoisotopic (exact) mass is 158 g/mol. The zero-order chi connectivity index (χ0) is 8.65. The summed E-state index contributed by atoms with van der Waals surface area (Å²) in [5, 5.41) is 17.2. The van der Waals surface area contributed by atoms with Crippen LogP contribution in [-0.4, -0.2) is 22.2 Å². The Labute approximate surface area is 63.8 Å². The van der Waals surface area contributed by atoms with Crippen molar-refractivity contribution in [2.75, 3.05) is 0 Å². The number of hydrogen-bond donors (Lipinski definition) is 2. The highest BCUT2D eigenvalue weighted by Crippen LogP contribution is 2.55. The van der Waals surface area contributed by atoms with Gasteiger partial charge in [-0.25, -0.2) is 0 Å². The fourth-order valence-corrected chi connectivity index (χ4v) is 1.41. The summed E-state index contributed by atoms with van der Waals surface area (Å²) in [6.07, 6.45) is 0.688. The SMILES string of the molecule is CCC1(C(=O)O)CC1C(=O)O. The summed E-state index contributed by atoms with van der Waals surface area (Å²) in [5.74, 6) is -2.63. The van der Waals surface area contributed by atoms with Gasteiger partial charge in [-0.15, -0.1) is 0 Å². The van der Waals surface area contributed by atoms with E-state index in [4.69, 9.17) is 10.2 Å². The quantitative estimate of drug-likeness (QED) is 0.629. The molecule has 0 aromatic rings. The van der Waals surface area contributed by atoms with Gasteiger partial charge in [-0.3, -0.25) is 9.59 Å². The second-order valence-electron chi connectivity index (χ2n) is 2.91. The summed E-state index contributed by atoms with van der Waals surface area (Å²) < 4.78 is 0. The Morgan fingerprint density at radius 1 is 1.55 bits per heavy atom. The first-order valence-corrected chi connectivity index (χ1v) is 3.51. The molecule has 2 unspecified atom stereocenters. The van der Waals surface area contributed by atoms with Crippen LogP contribution in [0, 0.1) is 11.3 Å². The lowest BCUT2D eigenvalue weighted by atomic mass is 10.0. The van der Waals surface area contributed by atoms with Crippen molar-refractivity contribution in [3.63, 3.8) is 0 Å². The fraction of sp³-hybridized carbons (Fsp3) is 0.714. The second-order valence-corrected chi connectivity index (χ2v) is 2.91. The average molecular weight is 158 g/mol. The lowest BCUT2D eigenvalue weighted by molar-refractivity contribution is -0.149. The molecule has 1 aliphatic rings. The lowest BCUT2D eigenvalue weighted by Gasteiger charge is -2.05. The van der Waals surface area contributed by atoms with Crippen LogP contribution in [0.5, 0.6) is 0 Å². The summed E-state index contributed by atoms with van der Waals surface area (Å²) in [5.41, 5.74) is -0.953. The molecule has 1 aliphatic carbocycles.